The second-order valence-electron chi connectivity index (χ2n) is 3.66. The number of carbonyl (C=O) groups excluding carboxylic acids is 1. The van der Waals surface area contributed by atoms with Gasteiger partial charge in [-0.1, -0.05) is 6.92 Å². The summed E-state index contributed by atoms with van der Waals surface area (Å²) in [6.45, 7) is 7.88. The highest BCUT2D eigenvalue weighted by Gasteiger charge is 2.19. The number of nitrogens with zero attached hydrogens (tertiary/aromatic N) is 2. The van der Waals surface area contributed by atoms with Crippen molar-refractivity contribution in [3.05, 3.63) is 0 Å². The smallest absolute Gasteiger partial charge is 0.248 e. The summed E-state index contributed by atoms with van der Waals surface area (Å²) in [6.07, 6.45) is 0. The molecule has 1 aliphatic rings. The summed E-state index contributed by atoms with van der Waals surface area (Å²) in [7, 11) is 0. The molecule has 5 heteroatoms. The van der Waals surface area contributed by atoms with Gasteiger partial charge in [0.2, 0.25) is 5.91 Å². The molecule has 1 aliphatic heterocycles. The van der Waals surface area contributed by atoms with Gasteiger partial charge in [-0.25, -0.2) is 0 Å². The molecule has 0 aromatic carbocycles. The van der Waals surface area contributed by atoms with Crippen LogP contribution in [0.2, 0.25) is 0 Å². The number of ether oxygens (including phenoxy) is 1. The third-order valence-corrected chi connectivity index (χ3v) is 2.66. The lowest BCUT2D eigenvalue weighted by atomic mass is 10.3. The molecule has 0 saturated carbocycles. The predicted octanol–water partition coefficient (Wildman–Crippen LogP) is -0.874. The molecule has 1 rings (SSSR count). The van der Waals surface area contributed by atoms with Gasteiger partial charge in [-0.15, -0.1) is 0 Å². The number of hydrogen-bond donors (Lipinski definition) is 1. The maximum atomic E-state index is 11.6. The fraction of sp³-hybridized carbons (Fsp3) is 0.900. The number of likely N-dealkylation sites (N-methyl/N-ethyl adjacent to an activating group) is 1. The number of amides is 1. The van der Waals surface area contributed by atoms with Crippen LogP contribution in [-0.2, 0) is 9.53 Å². The minimum atomic E-state index is 0.0826. The normalized spacial score (nSPS) is 18.1. The average Bonchev–Trinajstić information content (AvgIpc) is 2.29. The Bertz CT molecular complexity index is 191. The summed E-state index contributed by atoms with van der Waals surface area (Å²) in [5, 5.41) is 0. The van der Waals surface area contributed by atoms with Crippen molar-refractivity contribution in [2.45, 2.75) is 6.92 Å². The third kappa shape index (κ3) is 4.15. The zero-order valence-corrected chi connectivity index (χ0v) is 9.45. The van der Waals surface area contributed by atoms with Crippen molar-refractivity contribution < 1.29 is 9.53 Å². The molecular weight excluding hydrogens is 194 g/mol. The monoisotopic (exact) mass is 215 g/mol. The second kappa shape index (κ2) is 6.76. The van der Waals surface area contributed by atoms with Crippen LogP contribution in [0.3, 0.4) is 0 Å². The maximum absolute atomic E-state index is 11.6. The molecule has 0 aromatic rings. The quantitative estimate of drug-likeness (QED) is 0.605. The van der Waals surface area contributed by atoms with Crippen LogP contribution in [0.25, 0.3) is 0 Å². The van der Waals surface area contributed by atoms with Crippen LogP contribution in [0.15, 0.2) is 0 Å². The second-order valence-corrected chi connectivity index (χ2v) is 3.66. The van der Waals surface area contributed by atoms with E-state index in [1.165, 1.54) is 0 Å². The molecule has 88 valence electrons. The molecule has 15 heavy (non-hydrogen) atoms. The standard InChI is InChI=1S/C10H21N3O2/c1-2-12-4-6-13(7-5-12)10(14)9-15-8-3-11/h2-9,11H2,1H3. The van der Waals surface area contributed by atoms with Crippen LogP contribution in [0.4, 0.5) is 0 Å². The van der Waals surface area contributed by atoms with Crippen LogP contribution >= 0.6 is 0 Å². The zero-order chi connectivity index (χ0) is 11.1. The molecule has 0 atom stereocenters. The van der Waals surface area contributed by atoms with Gasteiger partial charge >= 0.3 is 0 Å². The van der Waals surface area contributed by atoms with Crippen molar-refractivity contribution in [2.75, 3.05) is 52.5 Å². The molecule has 1 fully saturated rings. The van der Waals surface area contributed by atoms with Crippen molar-refractivity contribution in [3.63, 3.8) is 0 Å². The summed E-state index contributed by atoms with van der Waals surface area (Å²) >= 11 is 0. The van der Waals surface area contributed by atoms with Crippen molar-refractivity contribution in [3.8, 4) is 0 Å². The molecule has 0 unspecified atom stereocenters. The first kappa shape index (κ1) is 12.4. The SMILES string of the molecule is CCN1CCN(C(=O)COCCN)CC1. The van der Waals surface area contributed by atoms with Gasteiger partial charge in [-0.2, -0.15) is 0 Å². The van der Waals surface area contributed by atoms with Gasteiger partial charge in [0.15, 0.2) is 0 Å². The van der Waals surface area contributed by atoms with Gasteiger partial charge in [0.1, 0.15) is 6.61 Å². The third-order valence-electron chi connectivity index (χ3n) is 2.66. The molecule has 0 radical (unpaired) electrons. The van der Waals surface area contributed by atoms with Crippen molar-refractivity contribution in [2.24, 2.45) is 5.73 Å². The van der Waals surface area contributed by atoms with Crippen LogP contribution in [0.1, 0.15) is 6.92 Å². The van der Waals surface area contributed by atoms with E-state index in [4.69, 9.17) is 10.5 Å². The summed E-state index contributed by atoms with van der Waals surface area (Å²) in [4.78, 5) is 15.8. The first-order valence-electron chi connectivity index (χ1n) is 5.56. The summed E-state index contributed by atoms with van der Waals surface area (Å²) < 4.78 is 5.12. The van der Waals surface area contributed by atoms with Gasteiger partial charge in [0, 0.05) is 32.7 Å². The molecule has 1 heterocycles. The van der Waals surface area contributed by atoms with Gasteiger partial charge in [0.05, 0.1) is 6.61 Å². The van der Waals surface area contributed by atoms with Crippen molar-refractivity contribution >= 4 is 5.91 Å². The molecule has 1 amide bonds. The Labute approximate surface area is 91.2 Å². The van der Waals surface area contributed by atoms with E-state index < -0.39 is 0 Å². The number of rotatable bonds is 5. The number of piperazine rings is 1. The van der Waals surface area contributed by atoms with Crippen molar-refractivity contribution in [1.82, 2.24) is 9.80 Å². The fourth-order valence-electron chi connectivity index (χ4n) is 1.65. The Morgan fingerprint density at radius 2 is 2.00 bits per heavy atom. The minimum absolute atomic E-state index is 0.0826. The maximum Gasteiger partial charge on any atom is 0.248 e. The highest BCUT2D eigenvalue weighted by Crippen LogP contribution is 2.01. The van der Waals surface area contributed by atoms with E-state index in [0.717, 1.165) is 32.7 Å². The average molecular weight is 215 g/mol. The van der Waals surface area contributed by atoms with E-state index >= 15 is 0 Å². The van der Waals surface area contributed by atoms with E-state index in [1.54, 1.807) is 0 Å². The molecule has 2 N–H and O–H groups in total. The topological polar surface area (TPSA) is 58.8 Å². The molecule has 1 saturated heterocycles. The molecule has 0 aliphatic carbocycles. The molecule has 5 nitrogen and oxygen atoms in total. The lowest BCUT2D eigenvalue weighted by Crippen LogP contribution is -2.49. The first-order chi connectivity index (χ1) is 7.27. The molecular formula is C10H21N3O2. The van der Waals surface area contributed by atoms with E-state index in [2.05, 4.69) is 11.8 Å². The predicted molar refractivity (Wildman–Crippen MR) is 58.6 cm³/mol. The Morgan fingerprint density at radius 3 is 2.53 bits per heavy atom. The Kier molecular flexibility index (Phi) is 5.60. The molecule has 0 spiro atoms. The lowest BCUT2D eigenvalue weighted by Gasteiger charge is -2.33. The zero-order valence-electron chi connectivity index (χ0n) is 9.45. The highest BCUT2D eigenvalue weighted by molar-refractivity contribution is 5.77. The first-order valence-corrected chi connectivity index (χ1v) is 5.56. The minimum Gasteiger partial charge on any atom is -0.370 e. The number of carbonyl (C=O) groups is 1. The highest BCUT2D eigenvalue weighted by atomic mass is 16.5. The van der Waals surface area contributed by atoms with Crippen LogP contribution in [-0.4, -0.2) is 68.2 Å². The van der Waals surface area contributed by atoms with Gasteiger partial charge < -0.3 is 20.3 Å². The number of nitrogens with two attached hydrogens (primary N) is 1. The van der Waals surface area contributed by atoms with Crippen LogP contribution in [0.5, 0.6) is 0 Å². The van der Waals surface area contributed by atoms with Crippen LogP contribution in [0, 0.1) is 0 Å². The van der Waals surface area contributed by atoms with Crippen LogP contribution < -0.4 is 5.73 Å². The lowest BCUT2D eigenvalue weighted by molar-refractivity contribution is -0.137. The Balaban J connectivity index is 2.18. The Morgan fingerprint density at radius 1 is 1.33 bits per heavy atom. The summed E-state index contributed by atoms with van der Waals surface area (Å²) in [6, 6.07) is 0. The van der Waals surface area contributed by atoms with Gasteiger partial charge in [-0.05, 0) is 6.54 Å². The van der Waals surface area contributed by atoms with E-state index in [9.17, 15) is 4.79 Å². The largest absolute Gasteiger partial charge is 0.370 e. The van der Waals surface area contributed by atoms with E-state index in [-0.39, 0.29) is 12.5 Å². The van der Waals surface area contributed by atoms with E-state index in [1.807, 2.05) is 4.90 Å². The van der Waals surface area contributed by atoms with Gasteiger partial charge in [0.25, 0.3) is 0 Å². The van der Waals surface area contributed by atoms with Crippen molar-refractivity contribution in [1.29, 1.82) is 0 Å². The Hall–Kier alpha value is -0.650. The molecule has 0 aromatic heterocycles. The molecule has 0 bridgehead atoms. The fourth-order valence-corrected chi connectivity index (χ4v) is 1.65. The summed E-state index contributed by atoms with van der Waals surface area (Å²) in [5.74, 6) is 0.0826. The summed E-state index contributed by atoms with van der Waals surface area (Å²) in [5.41, 5.74) is 5.27. The van der Waals surface area contributed by atoms with Gasteiger partial charge in [-0.3, -0.25) is 4.79 Å². The number of hydrogen-bond acceptors (Lipinski definition) is 4. The van der Waals surface area contributed by atoms with E-state index in [0.29, 0.717) is 13.2 Å².